The molecule has 32 heavy (non-hydrogen) atoms. The first-order chi connectivity index (χ1) is 15.4. The molecule has 0 aliphatic heterocycles. The molecule has 3 heterocycles. The van der Waals surface area contributed by atoms with Gasteiger partial charge in [0.05, 0.1) is 18.0 Å². The molecule has 1 amide bonds. The molecule has 0 saturated carbocycles. The number of aryl methyl sites for hydroxylation is 2. The summed E-state index contributed by atoms with van der Waals surface area (Å²) in [6, 6.07) is 16.2. The summed E-state index contributed by atoms with van der Waals surface area (Å²) in [5.74, 6) is 0.630. The normalized spacial score (nSPS) is 12.0. The van der Waals surface area contributed by atoms with E-state index in [9.17, 15) is 9.90 Å². The van der Waals surface area contributed by atoms with Crippen LogP contribution in [-0.4, -0.2) is 55.0 Å². The van der Waals surface area contributed by atoms with E-state index in [4.69, 9.17) is 9.84 Å². The predicted octanol–water partition coefficient (Wildman–Crippen LogP) is 2.39. The number of carbonyl (C=O) groups is 1. The molecule has 3 N–H and O–H groups in total. The molecule has 4 aromatic rings. The fraction of sp³-hybridized carbons (Fsp3) is 0.217. The maximum Gasteiger partial charge on any atom is 0.277 e. The van der Waals surface area contributed by atoms with Gasteiger partial charge < -0.3 is 20.3 Å². The zero-order chi connectivity index (χ0) is 22.7. The smallest absolute Gasteiger partial charge is 0.277 e. The summed E-state index contributed by atoms with van der Waals surface area (Å²) in [5.41, 5.74) is 3.60. The van der Waals surface area contributed by atoms with Gasteiger partial charge in [0.25, 0.3) is 5.91 Å². The fourth-order valence-electron chi connectivity index (χ4n) is 3.24. The monoisotopic (exact) mass is 433 g/mol. The minimum atomic E-state index is -0.953. The molecule has 3 aromatic heterocycles. The lowest BCUT2D eigenvalue weighted by Crippen LogP contribution is -2.21. The molecule has 0 aliphatic rings. The zero-order valence-electron chi connectivity index (χ0n) is 17.7. The topological polar surface area (TPSA) is 122 Å². The number of aliphatic hydroxyl groups is 2. The van der Waals surface area contributed by atoms with E-state index in [0.717, 1.165) is 11.3 Å². The third kappa shape index (κ3) is 4.58. The Morgan fingerprint density at radius 1 is 1.12 bits per heavy atom. The molecule has 1 unspecified atom stereocenters. The number of nitrogens with zero attached hydrogens (tertiary/aromatic N) is 4. The summed E-state index contributed by atoms with van der Waals surface area (Å²) in [6.45, 7) is 3.21. The van der Waals surface area contributed by atoms with E-state index in [1.54, 1.807) is 37.3 Å². The Balaban J connectivity index is 1.65. The highest BCUT2D eigenvalue weighted by Gasteiger charge is 2.19. The molecular weight excluding hydrogens is 410 g/mol. The Hall–Kier alpha value is -3.82. The Kier molecular flexibility index (Phi) is 6.11. The zero-order valence-corrected chi connectivity index (χ0v) is 17.7. The minimum Gasteiger partial charge on any atom is -0.491 e. The average molecular weight is 433 g/mol. The van der Waals surface area contributed by atoms with Crippen LogP contribution in [0.3, 0.4) is 0 Å². The highest BCUT2D eigenvalue weighted by atomic mass is 16.5. The van der Waals surface area contributed by atoms with Gasteiger partial charge in [-0.25, -0.2) is 14.5 Å². The van der Waals surface area contributed by atoms with E-state index >= 15 is 0 Å². The number of nitrogens with one attached hydrogen (secondary N) is 1. The molecule has 0 radical (unpaired) electrons. The molecule has 0 saturated heterocycles. The Morgan fingerprint density at radius 3 is 2.72 bits per heavy atom. The van der Waals surface area contributed by atoms with Crippen LogP contribution in [0, 0.1) is 13.8 Å². The van der Waals surface area contributed by atoms with Crippen molar-refractivity contribution in [2.45, 2.75) is 20.0 Å². The van der Waals surface area contributed by atoms with Crippen molar-refractivity contribution in [1.82, 2.24) is 19.6 Å². The van der Waals surface area contributed by atoms with E-state index in [2.05, 4.69) is 20.4 Å². The van der Waals surface area contributed by atoms with Crippen molar-refractivity contribution in [2.24, 2.45) is 0 Å². The second-order valence-corrected chi connectivity index (χ2v) is 7.33. The van der Waals surface area contributed by atoms with E-state index < -0.39 is 6.10 Å². The van der Waals surface area contributed by atoms with E-state index in [0.29, 0.717) is 34.3 Å². The van der Waals surface area contributed by atoms with E-state index in [1.165, 1.54) is 4.52 Å². The number of pyridine rings is 1. The molecule has 0 spiro atoms. The van der Waals surface area contributed by atoms with Crippen LogP contribution in [0.15, 0.2) is 54.6 Å². The summed E-state index contributed by atoms with van der Waals surface area (Å²) >= 11 is 0. The highest BCUT2D eigenvalue weighted by Crippen LogP contribution is 2.24. The maximum absolute atomic E-state index is 13.0. The Morgan fingerprint density at radius 2 is 1.94 bits per heavy atom. The first-order valence-electron chi connectivity index (χ1n) is 10.1. The van der Waals surface area contributed by atoms with Crippen molar-refractivity contribution in [3.8, 4) is 17.0 Å². The van der Waals surface area contributed by atoms with E-state index in [-0.39, 0.29) is 19.1 Å². The quantitative estimate of drug-likeness (QED) is 0.409. The third-order valence-electron chi connectivity index (χ3n) is 4.78. The second-order valence-electron chi connectivity index (χ2n) is 7.33. The number of ether oxygens (including phenoxy) is 1. The molecule has 0 aliphatic carbocycles. The van der Waals surface area contributed by atoms with Gasteiger partial charge in [-0.15, -0.1) is 0 Å². The number of hydrogen-bond donors (Lipinski definition) is 3. The molecule has 164 valence electrons. The number of imidazole rings is 1. The van der Waals surface area contributed by atoms with Crippen molar-refractivity contribution in [3.63, 3.8) is 0 Å². The van der Waals surface area contributed by atoms with Crippen molar-refractivity contribution in [1.29, 1.82) is 0 Å². The first kappa shape index (κ1) is 21.4. The van der Waals surface area contributed by atoms with Crippen LogP contribution >= 0.6 is 0 Å². The molecule has 0 bridgehead atoms. The standard InChI is InChI=1S/C23H23N5O4/c1-14-5-3-8-20(24-14)26-23(31)22-15(2)25-21-10-9-19(27-28(21)22)16-6-4-7-18(11-16)32-13-17(30)12-29/h3-11,17,29-30H,12-13H2,1-2H3,(H,24,26,31). The Labute approximate surface area is 184 Å². The Bertz CT molecular complexity index is 1270. The number of rotatable bonds is 7. The van der Waals surface area contributed by atoms with Crippen LogP contribution in [-0.2, 0) is 0 Å². The lowest BCUT2D eigenvalue weighted by atomic mass is 10.1. The summed E-state index contributed by atoms with van der Waals surface area (Å²) in [6.07, 6.45) is -0.953. The largest absolute Gasteiger partial charge is 0.491 e. The number of aliphatic hydroxyl groups excluding tert-OH is 2. The van der Waals surface area contributed by atoms with Crippen LogP contribution in [0.25, 0.3) is 16.9 Å². The molecular formula is C23H23N5O4. The van der Waals surface area contributed by atoms with Gasteiger partial charge >= 0.3 is 0 Å². The molecule has 0 fully saturated rings. The van der Waals surface area contributed by atoms with Gasteiger partial charge in [-0.2, -0.15) is 5.10 Å². The number of benzene rings is 1. The number of carbonyl (C=O) groups excluding carboxylic acids is 1. The fourth-order valence-corrected chi connectivity index (χ4v) is 3.24. The lowest BCUT2D eigenvalue weighted by Gasteiger charge is -2.11. The molecule has 9 nitrogen and oxygen atoms in total. The minimum absolute atomic E-state index is 0.0234. The van der Waals surface area contributed by atoms with Gasteiger partial charge in [0, 0.05) is 11.3 Å². The molecule has 1 aromatic carbocycles. The van der Waals surface area contributed by atoms with Gasteiger partial charge in [0.2, 0.25) is 0 Å². The van der Waals surface area contributed by atoms with Crippen LogP contribution in [0.2, 0.25) is 0 Å². The third-order valence-corrected chi connectivity index (χ3v) is 4.78. The van der Waals surface area contributed by atoms with Gasteiger partial charge in [0.15, 0.2) is 11.3 Å². The van der Waals surface area contributed by atoms with Crippen molar-refractivity contribution >= 4 is 17.4 Å². The average Bonchev–Trinajstić information content (AvgIpc) is 3.12. The molecule has 1 atom stereocenters. The number of aromatic nitrogens is 4. The van der Waals surface area contributed by atoms with Gasteiger partial charge in [0.1, 0.15) is 24.3 Å². The summed E-state index contributed by atoms with van der Waals surface area (Å²) in [5, 5.41) is 25.9. The second kappa shape index (κ2) is 9.13. The van der Waals surface area contributed by atoms with Gasteiger partial charge in [-0.1, -0.05) is 18.2 Å². The van der Waals surface area contributed by atoms with Gasteiger partial charge in [-0.05, 0) is 50.2 Å². The lowest BCUT2D eigenvalue weighted by molar-refractivity contribution is 0.0536. The highest BCUT2D eigenvalue weighted by molar-refractivity contribution is 6.03. The van der Waals surface area contributed by atoms with Crippen molar-refractivity contribution in [2.75, 3.05) is 18.5 Å². The van der Waals surface area contributed by atoms with E-state index in [1.807, 2.05) is 31.2 Å². The molecule has 4 rings (SSSR count). The summed E-state index contributed by atoms with van der Waals surface area (Å²) < 4.78 is 7.04. The first-order valence-corrected chi connectivity index (χ1v) is 10.1. The number of anilines is 1. The summed E-state index contributed by atoms with van der Waals surface area (Å²) in [4.78, 5) is 21.7. The predicted molar refractivity (Wildman–Crippen MR) is 119 cm³/mol. The molecule has 9 heteroatoms. The van der Waals surface area contributed by atoms with Crippen molar-refractivity contribution in [3.05, 3.63) is 71.7 Å². The SMILES string of the molecule is Cc1cccc(NC(=O)c2c(C)nc3ccc(-c4cccc(OCC(O)CO)c4)nn23)n1. The van der Waals surface area contributed by atoms with Crippen molar-refractivity contribution < 1.29 is 19.7 Å². The van der Waals surface area contributed by atoms with Crippen LogP contribution in [0.4, 0.5) is 5.82 Å². The van der Waals surface area contributed by atoms with Crippen LogP contribution < -0.4 is 10.1 Å². The number of hydrogen-bond acceptors (Lipinski definition) is 7. The summed E-state index contributed by atoms with van der Waals surface area (Å²) in [7, 11) is 0. The number of fused-ring (bicyclic) bond motifs is 1. The van der Waals surface area contributed by atoms with Gasteiger partial charge in [-0.3, -0.25) is 4.79 Å². The van der Waals surface area contributed by atoms with Crippen LogP contribution in [0.5, 0.6) is 5.75 Å². The maximum atomic E-state index is 13.0. The number of amides is 1. The van der Waals surface area contributed by atoms with Crippen LogP contribution in [0.1, 0.15) is 21.9 Å².